The second-order valence-corrected chi connectivity index (χ2v) is 8.05. The third-order valence-corrected chi connectivity index (χ3v) is 6.59. The summed E-state index contributed by atoms with van der Waals surface area (Å²) in [6.07, 6.45) is 2.16. The number of carbonyl (C=O) groups excluding carboxylic acids is 2. The zero-order valence-corrected chi connectivity index (χ0v) is 15.8. The van der Waals surface area contributed by atoms with Crippen LogP contribution < -0.4 is 14.8 Å². The molecule has 1 heterocycles. The first-order chi connectivity index (χ1) is 13.6. The molecule has 5 heteroatoms. The topological polar surface area (TPSA) is 64.6 Å². The Bertz CT molecular complexity index is 955. The van der Waals surface area contributed by atoms with Gasteiger partial charge in [0.05, 0.1) is 19.1 Å². The highest BCUT2D eigenvalue weighted by molar-refractivity contribution is 6.00. The van der Waals surface area contributed by atoms with Crippen LogP contribution in [0.5, 0.6) is 11.5 Å². The van der Waals surface area contributed by atoms with Gasteiger partial charge in [0.1, 0.15) is 17.1 Å². The van der Waals surface area contributed by atoms with E-state index in [4.69, 9.17) is 9.47 Å². The Kier molecular flexibility index (Phi) is 3.93. The fourth-order valence-electron chi connectivity index (χ4n) is 5.27. The summed E-state index contributed by atoms with van der Waals surface area (Å²) in [6.45, 7) is 0.439. The van der Waals surface area contributed by atoms with Gasteiger partial charge >= 0.3 is 0 Å². The number of Topliss-reactive ketones (excluding diaryl/α,β-unsaturated/α-hetero) is 1. The minimum absolute atomic E-state index is 0.0508. The molecule has 28 heavy (non-hydrogen) atoms. The van der Waals surface area contributed by atoms with E-state index in [1.165, 1.54) is 0 Å². The second kappa shape index (κ2) is 6.36. The molecule has 1 N–H and O–H groups in total. The van der Waals surface area contributed by atoms with Crippen molar-refractivity contribution in [3.05, 3.63) is 59.7 Å². The summed E-state index contributed by atoms with van der Waals surface area (Å²) in [7, 11) is 1.63. The van der Waals surface area contributed by atoms with Crippen molar-refractivity contribution in [1.82, 2.24) is 5.32 Å². The molecule has 0 unspecified atom stereocenters. The van der Waals surface area contributed by atoms with E-state index in [9.17, 15) is 9.59 Å². The number of para-hydroxylation sites is 2. The molecule has 0 radical (unpaired) electrons. The molecule has 0 saturated heterocycles. The van der Waals surface area contributed by atoms with Gasteiger partial charge in [0.2, 0.25) is 5.91 Å². The Balaban J connectivity index is 1.30. The van der Waals surface area contributed by atoms with Crippen molar-refractivity contribution < 1.29 is 19.1 Å². The van der Waals surface area contributed by atoms with Crippen LogP contribution in [0.25, 0.3) is 0 Å². The highest BCUT2D eigenvalue weighted by Crippen LogP contribution is 2.65. The highest BCUT2D eigenvalue weighted by Gasteiger charge is 2.70. The van der Waals surface area contributed by atoms with E-state index in [2.05, 4.69) is 5.32 Å². The number of ketones is 1. The number of rotatable bonds is 4. The SMILES string of the molecule is COc1ccccc1CNC(=O)[C@@H]1[C@H]2CC[C@@]3(CC(=O)c4ccccc4O3)[C@@H]21. The van der Waals surface area contributed by atoms with Crippen molar-refractivity contribution in [2.45, 2.75) is 31.4 Å². The number of fused-ring (bicyclic) bond motifs is 3. The molecule has 2 aromatic carbocycles. The van der Waals surface area contributed by atoms with Gasteiger partial charge in [0, 0.05) is 23.9 Å². The van der Waals surface area contributed by atoms with Gasteiger partial charge in [-0.3, -0.25) is 9.59 Å². The monoisotopic (exact) mass is 377 g/mol. The number of methoxy groups -OCH3 is 1. The van der Waals surface area contributed by atoms with Crippen LogP contribution in [0.2, 0.25) is 0 Å². The highest BCUT2D eigenvalue weighted by atomic mass is 16.5. The second-order valence-electron chi connectivity index (χ2n) is 8.05. The lowest BCUT2D eigenvalue weighted by atomic mass is 9.84. The maximum Gasteiger partial charge on any atom is 0.224 e. The summed E-state index contributed by atoms with van der Waals surface area (Å²) in [5.74, 6) is 1.99. The van der Waals surface area contributed by atoms with Gasteiger partial charge < -0.3 is 14.8 Å². The van der Waals surface area contributed by atoms with Crippen LogP contribution in [0, 0.1) is 17.8 Å². The summed E-state index contributed by atoms with van der Waals surface area (Å²) in [5.41, 5.74) is 1.11. The van der Waals surface area contributed by atoms with Crippen LogP contribution in [-0.2, 0) is 11.3 Å². The molecule has 4 atom stereocenters. The normalized spacial score (nSPS) is 29.6. The van der Waals surface area contributed by atoms with E-state index in [-0.39, 0.29) is 23.5 Å². The van der Waals surface area contributed by atoms with E-state index in [1.807, 2.05) is 48.5 Å². The molecule has 1 amide bonds. The molecule has 2 saturated carbocycles. The molecule has 5 rings (SSSR count). The quantitative estimate of drug-likeness (QED) is 0.887. The van der Waals surface area contributed by atoms with Crippen molar-refractivity contribution in [2.75, 3.05) is 7.11 Å². The first-order valence-corrected chi connectivity index (χ1v) is 9.84. The van der Waals surface area contributed by atoms with Crippen LogP contribution in [0.1, 0.15) is 35.2 Å². The molecular weight excluding hydrogens is 354 g/mol. The smallest absolute Gasteiger partial charge is 0.224 e. The van der Waals surface area contributed by atoms with Gasteiger partial charge in [0.25, 0.3) is 0 Å². The average molecular weight is 377 g/mol. The Morgan fingerprint density at radius 1 is 1.21 bits per heavy atom. The van der Waals surface area contributed by atoms with Crippen LogP contribution in [-0.4, -0.2) is 24.4 Å². The number of ether oxygens (including phenoxy) is 2. The zero-order chi connectivity index (χ0) is 19.3. The minimum Gasteiger partial charge on any atom is -0.496 e. The maximum atomic E-state index is 12.9. The molecular formula is C23H23NO4. The van der Waals surface area contributed by atoms with Crippen LogP contribution in [0.15, 0.2) is 48.5 Å². The first kappa shape index (κ1) is 17.3. The number of benzene rings is 2. The Morgan fingerprint density at radius 2 is 2.00 bits per heavy atom. The summed E-state index contributed by atoms with van der Waals surface area (Å²) in [4.78, 5) is 25.5. The summed E-state index contributed by atoms with van der Waals surface area (Å²) >= 11 is 0. The number of carbonyl (C=O) groups is 2. The zero-order valence-electron chi connectivity index (χ0n) is 15.8. The van der Waals surface area contributed by atoms with Gasteiger partial charge in [-0.2, -0.15) is 0 Å². The average Bonchev–Trinajstić information content (AvgIpc) is 3.37. The van der Waals surface area contributed by atoms with Crippen molar-refractivity contribution in [1.29, 1.82) is 0 Å². The number of hydrogen-bond acceptors (Lipinski definition) is 4. The molecule has 0 bridgehead atoms. The lowest BCUT2D eigenvalue weighted by Crippen LogP contribution is -2.44. The predicted molar refractivity (Wildman–Crippen MR) is 103 cm³/mol. The van der Waals surface area contributed by atoms with Gasteiger partial charge in [-0.25, -0.2) is 0 Å². The van der Waals surface area contributed by atoms with Crippen molar-refractivity contribution in [3.8, 4) is 11.5 Å². The largest absolute Gasteiger partial charge is 0.496 e. The molecule has 144 valence electrons. The molecule has 1 aliphatic heterocycles. The van der Waals surface area contributed by atoms with E-state index in [0.29, 0.717) is 30.2 Å². The van der Waals surface area contributed by atoms with Crippen LogP contribution in [0.4, 0.5) is 0 Å². The van der Waals surface area contributed by atoms with Gasteiger partial charge in [-0.05, 0) is 37.0 Å². The summed E-state index contributed by atoms with van der Waals surface area (Å²) in [6, 6.07) is 15.1. The van der Waals surface area contributed by atoms with Crippen LogP contribution in [0.3, 0.4) is 0 Å². The van der Waals surface area contributed by atoms with Gasteiger partial charge in [-0.1, -0.05) is 30.3 Å². The van der Waals surface area contributed by atoms with E-state index >= 15 is 0 Å². The molecule has 0 aromatic heterocycles. The standard InChI is InChI=1S/C23H23NO4/c1-27-18-8-4-2-6-14(18)13-24-22(26)20-16-10-11-23(21(16)20)12-17(25)15-7-3-5-9-19(15)28-23/h2-9,16,20-21H,10-13H2,1H3,(H,24,26)/t16-,20-,21+,23-/m1/s1. The maximum absolute atomic E-state index is 12.9. The molecule has 2 aromatic rings. The fraction of sp³-hybridized carbons (Fsp3) is 0.391. The van der Waals surface area contributed by atoms with Gasteiger partial charge in [-0.15, -0.1) is 0 Å². The Labute approximate surface area is 164 Å². The first-order valence-electron chi connectivity index (χ1n) is 9.84. The number of nitrogens with one attached hydrogen (secondary N) is 1. The molecule has 3 aliphatic rings. The Morgan fingerprint density at radius 3 is 2.86 bits per heavy atom. The minimum atomic E-state index is -0.511. The number of hydrogen-bond donors (Lipinski definition) is 1. The molecule has 2 aliphatic carbocycles. The van der Waals surface area contributed by atoms with Gasteiger partial charge in [0.15, 0.2) is 5.78 Å². The van der Waals surface area contributed by atoms with E-state index < -0.39 is 5.60 Å². The van der Waals surface area contributed by atoms with Crippen molar-refractivity contribution >= 4 is 11.7 Å². The molecule has 5 nitrogen and oxygen atoms in total. The van der Waals surface area contributed by atoms with Crippen molar-refractivity contribution in [3.63, 3.8) is 0 Å². The lowest BCUT2D eigenvalue weighted by Gasteiger charge is -2.37. The fourth-order valence-corrected chi connectivity index (χ4v) is 5.27. The third kappa shape index (κ3) is 2.60. The number of amides is 1. The van der Waals surface area contributed by atoms with Crippen LogP contribution >= 0.6 is 0 Å². The van der Waals surface area contributed by atoms with E-state index in [1.54, 1.807) is 7.11 Å². The third-order valence-electron chi connectivity index (χ3n) is 6.59. The summed E-state index contributed by atoms with van der Waals surface area (Å²) in [5, 5.41) is 3.06. The Hall–Kier alpha value is -2.82. The predicted octanol–water partition coefficient (Wildman–Crippen LogP) is 3.37. The molecule has 2 fully saturated rings. The lowest BCUT2D eigenvalue weighted by molar-refractivity contribution is -0.124. The van der Waals surface area contributed by atoms with Crippen molar-refractivity contribution in [2.24, 2.45) is 17.8 Å². The molecule has 1 spiro atoms. The van der Waals surface area contributed by atoms with E-state index in [0.717, 1.165) is 24.2 Å². The summed E-state index contributed by atoms with van der Waals surface area (Å²) < 4.78 is 11.7.